The third-order valence-corrected chi connectivity index (χ3v) is 3.54. The van der Waals surface area contributed by atoms with Gasteiger partial charge in [-0.3, -0.25) is 0 Å². The summed E-state index contributed by atoms with van der Waals surface area (Å²) in [7, 11) is 0. The minimum absolute atomic E-state index is 0.806. The summed E-state index contributed by atoms with van der Waals surface area (Å²) in [6.07, 6.45) is 5.56. The van der Waals surface area contributed by atoms with Crippen LogP contribution in [0.5, 0.6) is 0 Å². The molecule has 0 N–H and O–H groups in total. The molecule has 1 unspecified atom stereocenters. The molecule has 0 fully saturated rings. The lowest BCUT2D eigenvalue weighted by molar-refractivity contribution is 0.499. The van der Waals surface area contributed by atoms with Crippen LogP contribution in [0.2, 0.25) is 0 Å². The van der Waals surface area contributed by atoms with E-state index in [1.54, 1.807) is 0 Å². The summed E-state index contributed by atoms with van der Waals surface area (Å²) in [5, 5.41) is 0.806. The Bertz CT molecular complexity index is 89.0. The standard InChI is InChI=1S/C11H24S/c1-5-7-8-11(6-2)9-12-10(3)4/h10-11H,5-9H2,1-4H3. The van der Waals surface area contributed by atoms with Crippen molar-refractivity contribution < 1.29 is 0 Å². The molecule has 0 heterocycles. The molecule has 1 atom stereocenters. The monoisotopic (exact) mass is 188 g/mol. The normalized spacial score (nSPS) is 13.8. The van der Waals surface area contributed by atoms with Crippen molar-refractivity contribution >= 4 is 11.8 Å². The van der Waals surface area contributed by atoms with Crippen LogP contribution in [-0.4, -0.2) is 11.0 Å². The predicted molar refractivity (Wildman–Crippen MR) is 60.9 cm³/mol. The van der Waals surface area contributed by atoms with E-state index in [0.29, 0.717) is 0 Å². The van der Waals surface area contributed by atoms with E-state index in [9.17, 15) is 0 Å². The molecular formula is C11H24S. The van der Waals surface area contributed by atoms with E-state index in [4.69, 9.17) is 0 Å². The SMILES string of the molecule is CCCCC(CC)CSC(C)C. The quantitative estimate of drug-likeness (QED) is 0.572. The fourth-order valence-electron chi connectivity index (χ4n) is 1.23. The van der Waals surface area contributed by atoms with Gasteiger partial charge in [-0.25, -0.2) is 0 Å². The van der Waals surface area contributed by atoms with Crippen LogP contribution in [0.1, 0.15) is 53.4 Å². The van der Waals surface area contributed by atoms with Crippen molar-refractivity contribution in [1.29, 1.82) is 0 Å². The largest absolute Gasteiger partial charge is 0.159 e. The zero-order chi connectivity index (χ0) is 9.40. The highest BCUT2D eigenvalue weighted by molar-refractivity contribution is 7.99. The average Bonchev–Trinajstić information content (AvgIpc) is 2.05. The highest BCUT2D eigenvalue weighted by atomic mass is 32.2. The van der Waals surface area contributed by atoms with Crippen LogP contribution >= 0.6 is 11.8 Å². The van der Waals surface area contributed by atoms with Crippen molar-refractivity contribution in [2.24, 2.45) is 5.92 Å². The molecule has 0 saturated heterocycles. The van der Waals surface area contributed by atoms with Crippen molar-refractivity contribution in [1.82, 2.24) is 0 Å². The van der Waals surface area contributed by atoms with Crippen LogP contribution in [0.4, 0.5) is 0 Å². The Balaban J connectivity index is 3.39. The van der Waals surface area contributed by atoms with E-state index in [1.165, 1.54) is 31.4 Å². The molecule has 0 nitrogen and oxygen atoms in total. The van der Waals surface area contributed by atoms with Crippen molar-refractivity contribution in [2.45, 2.75) is 58.6 Å². The first-order chi connectivity index (χ1) is 5.70. The van der Waals surface area contributed by atoms with Crippen molar-refractivity contribution in [3.8, 4) is 0 Å². The second-order valence-electron chi connectivity index (χ2n) is 3.80. The molecule has 0 aromatic rings. The number of thioether (sulfide) groups is 1. The van der Waals surface area contributed by atoms with Gasteiger partial charge in [0, 0.05) is 0 Å². The van der Waals surface area contributed by atoms with Crippen LogP contribution in [0.15, 0.2) is 0 Å². The molecule has 0 amide bonds. The summed E-state index contributed by atoms with van der Waals surface area (Å²) >= 11 is 2.11. The van der Waals surface area contributed by atoms with Crippen LogP contribution < -0.4 is 0 Å². The summed E-state index contributed by atoms with van der Waals surface area (Å²) in [6, 6.07) is 0. The van der Waals surface area contributed by atoms with Gasteiger partial charge in [-0.15, -0.1) is 0 Å². The Labute approximate surface area is 82.5 Å². The van der Waals surface area contributed by atoms with Gasteiger partial charge in [0.25, 0.3) is 0 Å². The maximum atomic E-state index is 2.32. The van der Waals surface area contributed by atoms with E-state index in [1.807, 2.05) is 0 Å². The fourth-order valence-corrected chi connectivity index (χ4v) is 2.29. The maximum absolute atomic E-state index is 2.32. The molecule has 0 aromatic heterocycles. The minimum atomic E-state index is 0.806. The van der Waals surface area contributed by atoms with Crippen molar-refractivity contribution in [3.05, 3.63) is 0 Å². The Morgan fingerprint density at radius 3 is 2.25 bits per heavy atom. The lowest BCUT2D eigenvalue weighted by Crippen LogP contribution is -2.04. The number of unbranched alkanes of at least 4 members (excludes halogenated alkanes) is 1. The predicted octanol–water partition coefficient (Wildman–Crippen LogP) is 4.34. The number of hydrogen-bond acceptors (Lipinski definition) is 1. The van der Waals surface area contributed by atoms with Crippen molar-refractivity contribution in [2.75, 3.05) is 5.75 Å². The Hall–Kier alpha value is 0.350. The Kier molecular flexibility index (Phi) is 8.20. The second kappa shape index (κ2) is 7.97. The summed E-state index contributed by atoms with van der Waals surface area (Å²) in [5.41, 5.74) is 0. The summed E-state index contributed by atoms with van der Waals surface area (Å²) in [6.45, 7) is 9.18. The van der Waals surface area contributed by atoms with Gasteiger partial charge in [0.15, 0.2) is 0 Å². The Morgan fingerprint density at radius 2 is 1.83 bits per heavy atom. The lowest BCUT2D eigenvalue weighted by atomic mass is 10.0. The smallest absolute Gasteiger partial charge is 0.000958 e. The Morgan fingerprint density at radius 1 is 1.17 bits per heavy atom. The minimum Gasteiger partial charge on any atom is -0.159 e. The molecule has 12 heavy (non-hydrogen) atoms. The highest BCUT2D eigenvalue weighted by Crippen LogP contribution is 2.20. The lowest BCUT2D eigenvalue weighted by Gasteiger charge is -2.14. The van der Waals surface area contributed by atoms with Gasteiger partial charge in [-0.2, -0.15) is 11.8 Å². The molecule has 0 aliphatic rings. The van der Waals surface area contributed by atoms with Crippen LogP contribution in [0.25, 0.3) is 0 Å². The summed E-state index contributed by atoms with van der Waals surface area (Å²) in [4.78, 5) is 0. The van der Waals surface area contributed by atoms with Crippen molar-refractivity contribution in [3.63, 3.8) is 0 Å². The molecule has 0 aliphatic heterocycles. The van der Waals surface area contributed by atoms with Crippen LogP contribution in [0.3, 0.4) is 0 Å². The maximum Gasteiger partial charge on any atom is -0.000958 e. The number of rotatable bonds is 7. The molecular weight excluding hydrogens is 164 g/mol. The zero-order valence-electron chi connectivity index (χ0n) is 9.10. The van der Waals surface area contributed by atoms with E-state index >= 15 is 0 Å². The third-order valence-electron chi connectivity index (χ3n) is 2.21. The molecule has 0 radical (unpaired) electrons. The molecule has 0 spiro atoms. The molecule has 0 bridgehead atoms. The van der Waals surface area contributed by atoms with Gasteiger partial charge in [0.05, 0.1) is 0 Å². The first-order valence-electron chi connectivity index (χ1n) is 5.32. The highest BCUT2D eigenvalue weighted by Gasteiger charge is 2.06. The first-order valence-corrected chi connectivity index (χ1v) is 6.37. The van der Waals surface area contributed by atoms with Gasteiger partial charge in [-0.1, -0.05) is 47.0 Å². The fraction of sp³-hybridized carbons (Fsp3) is 1.00. The van der Waals surface area contributed by atoms with Gasteiger partial charge < -0.3 is 0 Å². The van der Waals surface area contributed by atoms with E-state index in [0.717, 1.165) is 11.2 Å². The van der Waals surface area contributed by atoms with Gasteiger partial charge in [0.2, 0.25) is 0 Å². The van der Waals surface area contributed by atoms with E-state index in [2.05, 4.69) is 39.5 Å². The molecule has 0 rings (SSSR count). The van der Waals surface area contributed by atoms with Crippen LogP contribution in [-0.2, 0) is 0 Å². The topological polar surface area (TPSA) is 0 Å². The second-order valence-corrected chi connectivity index (χ2v) is 5.41. The van der Waals surface area contributed by atoms with Gasteiger partial charge >= 0.3 is 0 Å². The molecule has 1 heteroatoms. The molecule has 74 valence electrons. The molecule has 0 aliphatic carbocycles. The third kappa shape index (κ3) is 7.02. The first kappa shape index (κ1) is 12.3. The summed E-state index contributed by atoms with van der Waals surface area (Å²) in [5.74, 6) is 2.34. The molecule has 0 saturated carbocycles. The number of hydrogen-bond donors (Lipinski definition) is 0. The van der Waals surface area contributed by atoms with Crippen LogP contribution in [0, 0.1) is 5.92 Å². The molecule has 0 aromatic carbocycles. The van der Waals surface area contributed by atoms with Gasteiger partial charge in [-0.05, 0) is 23.3 Å². The van der Waals surface area contributed by atoms with Gasteiger partial charge in [0.1, 0.15) is 0 Å². The average molecular weight is 188 g/mol. The summed E-state index contributed by atoms with van der Waals surface area (Å²) < 4.78 is 0. The zero-order valence-corrected chi connectivity index (χ0v) is 9.91. The van der Waals surface area contributed by atoms with E-state index < -0.39 is 0 Å². The van der Waals surface area contributed by atoms with E-state index in [-0.39, 0.29) is 0 Å².